The third kappa shape index (κ3) is 4.55. The van der Waals surface area contributed by atoms with Crippen LogP contribution in [0.5, 0.6) is 0 Å². The Balaban J connectivity index is 2.55. The summed E-state index contributed by atoms with van der Waals surface area (Å²) in [6.45, 7) is 2.06. The van der Waals surface area contributed by atoms with E-state index in [0.29, 0.717) is 12.2 Å². The molecule has 0 atom stereocenters. The van der Waals surface area contributed by atoms with Gasteiger partial charge in [-0.3, -0.25) is 9.59 Å². The average Bonchev–Trinajstić information content (AvgIpc) is 2.36. The van der Waals surface area contributed by atoms with Crippen LogP contribution in [0, 0.1) is 0 Å². The van der Waals surface area contributed by atoms with E-state index in [1.165, 1.54) is 4.90 Å². The van der Waals surface area contributed by atoms with Gasteiger partial charge in [0, 0.05) is 12.2 Å². The van der Waals surface area contributed by atoms with Crippen molar-refractivity contribution in [3.05, 3.63) is 30.3 Å². The fourth-order valence-electron chi connectivity index (χ4n) is 1.38. The highest BCUT2D eigenvalue weighted by atomic mass is 35.5. The van der Waals surface area contributed by atoms with Crippen molar-refractivity contribution in [1.82, 2.24) is 4.90 Å². The molecule has 0 heterocycles. The smallest absolute Gasteiger partial charge is 0.256 e. The van der Waals surface area contributed by atoms with Crippen LogP contribution in [0.3, 0.4) is 0 Å². The van der Waals surface area contributed by atoms with Gasteiger partial charge in [0.05, 0.1) is 6.54 Å². The zero-order valence-electron chi connectivity index (χ0n) is 9.90. The lowest BCUT2D eigenvalue weighted by atomic mass is 10.3. The van der Waals surface area contributed by atoms with Crippen LogP contribution in [-0.4, -0.2) is 34.6 Å². The second-order valence-electron chi connectivity index (χ2n) is 3.57. The third-order valence-corrected chi connectivity index (χ3v) is 2.65. The summed E-state index contributed by atoms with van der Waals surface area (Å²) >= 11 is 11.0. The molecule has 4 nitrogen and oxygen atoms in total. The number of carbonyl (C=O) groups excluding carboxylic acids is 2. The maximum absolute atomic E-state index is 11.7. The first kappa shape index (κ1) is 14.8. The van der Waals surface area contributed by atoms with Gasteiger partial charge in [-0.05, 0) is 19.1 Å². The van der Waals surface area contributed by atoms with Crippen molar-refractivity contribution in [1.29, 1.82) is 0 Å². The number of hydrogen-bond donors (Lipinski definition) is 1. The molecule has 0 unspecified atom stereocenters. The van der Waals surface area contributed by atoms with Crippen molar-refractivity contribution in [2.24, 2.45) is 0 Å². The van der Waals surface area contributed by atoms with E-state index in [4.69, 9.17) is 23.2 Å². The van der Waals surface area contributed by atoms with Crippen molar-refractivity contribution < 1.29 is 9.59 Å². The summed E-state index contributed by atoms with van der Waals surface area (Å²) in [4.78, 5) is 23.4. The van der Waals surface area contributed by atoms with E-state index < -0.39 is 10.7 Å². The molecule has 0 aliphatic heterocycles. The number of carbonyl (C=O) groups is 2. The molecule has 2 amide bonds. The molecule has 1 N–H and O–H groups in total. The molecule has 0 aliphatic carbocycles. The molecule has 0 aromatic heterocycles. The lowest BCUT2D eigenvalue weighted by molar-refractivity contribution is -0.132. The fourth-order valence-corrected chi connectivity index (χ4v) is 1.65. The van der Waals surface area contributed by atoms with Crippen LogP contribution in [0.1, 0.15) is 6.92 Å². The van der Waals surface area contributed by atoms with Crippen molar-refractivity contribution in [2.75, 3.05) is 18.4 Å². The largest absolute Gasteiger partial charge is 0.331 e. The van der Waals surface area contributed by atoms with E-state index in [9.17, 15) is 9.59 Å². The highest BCUT2D eigenvalue weighted by Crippen LogP contribution is 2.08. The summed E-state index contributed by atoms with van der Waals surface area (Å²) in [6.07, 6.45) is 0. The third-order valence-electron chi connectivity index (χ3n) is 2.27. The molecule has 0 fully saturated rings. The molecule has 0 spiro atoms. The lowest BCUT2D eigenvalue weighted by Crippen LogP contribution is -2.40. The molecule has 0 aliphatic rings. The standard InChI is InChI=1S/C12H14Cl2N2O2/c1-2-16(12(18)11(13)14)8-10(17)15-9-6-4-3-5-7-9/h3-7,11H,2,8H2,1H3,(H,15,17). The minimum absolute atomic E-state index is 0.0693. The SMILES string of the molecule is CCN(CC(=O)Nc1ccccc1)C(=O)C(Cl)Cl. The Kier molecular flexibility index (Phi) is 5.95. The number of nitrogens with zero attached hydrogens (tertiary/aromatic N) is 1. The predicted molar refractivity (Wildman–Crippen MR) is 72.8 cm³/mol. The van der Waals surface area contributed by atoms with E-state index >= 15 is 0 Å². The maximum Gasteiger partial charge on any atom is 0.256 e. The minimum Gasteiger partial charge on any atom is -0.331 e. The zero-order valence-corrected chi connectivity index (χ0v) is 11.4. The van der Waals surface area contributed by atoms with E-state index in [2.05, 4.69) is 5.32 Å². The number of amides is 2. The molecule has 0 saturated heterocycles. The summed E-state index contributed by atoms with van der Waals surface area (Å²) in [6, 6.07) is 9.00. The Morgan fingerprint density at radius 1 is 1.28 bits per heavy atom. The molecule has 1 aromatic carbocycles. The van der Waals surface area contributed by atoms with Crippen LogP contribution in [-0.2, 0) is 9.59 Å². The van der Waals surface area contributed by atoms with Crippen molar-refractivity contribution in [2.45, 2.75) is 11.8 Å². The Morgan fingerprint density at radius 2 is 1.89 bits per heavy atom. The number of alkyl halides is 2. The molecule has 0 radical (unpaired) electrons. The van der Waals surface area contributed by atoms with Gasteiger partial charge in [0.1, 0.15) is 0 Å². The van der Waals surface area contributed by atoms with Gasteiger partial charge in [-0.2, -0.15) is 0 Å². The van der Waals surface area contributed by atoms with Crippen LogP contribution >= 0.6 is 23.2 Å². The van der Waals surface area contributed by atoms with E-state index in [1.807, 2.05) is 18.2 Å². The first-order valence-electron chi connectivity index (χ1n) is 5.46. The first-order chi connectivity index (χ1) is 8.54. The lowest BCUT2D eigenvalue weighted by Gasteiger charge is -2.20. The fraction of sp³-hybridized carbons (Fsp3) is 0.333. The van der Waals surface area contributed by atoms with Crippen LogP contribution in [0.4, 0.5) is 5.69 Å². The number of anilines is 1. The first-order valence-corrected chi connectivity index (χ1v) is 6.33. The zero-order chi connectivity index (χ0) is 13.5. The van der Waals surface area contributed by atoms with Crippen LogP contribution in [0.15, 0.2) is 30.3 Å². The number of para-hydroxylation sites is 1. The van der Waals surface area contributed by atoms with Gasteiger partial charge in [-0.15, -0.1) is 0 Å². The topological polar surface area (TPSA) is 49.4 Å². The maximum atomic E-state index is 11.7. The van der Waals surface area contributed by atoms with E-state index in [1.54, 1.807) is 19.1 Å². The van der Waals surface area contributed by atoms with E-state index in [-0.39, 0.29) is 12.5 Å². The Hall–Kier alpha value is -1.26. The summed E-state index contributed by atoms with van der Waals surface area (Å²) in [5.74, 6) is -0.755. The summed E-state index contributed by atoms with van der Waals surface area (Å²) in [5.41, 5.74) is 0.680. The highest BCUT2D eigenvalue weighted by Gasteiger charge is 2.21. The molecule has 1 rings (SSSR count). The van der Waals surface area contributed by atoms with Crippen LogP contribution in [0.25, 0.3) is 0 Å². The highest BCUT2D eigenvalue weighted by molar-refractivity contribution is 6.53. The van der Waals surface area contributed by atoms with Gasteiger partial charge >= 0.3 is 0 Å². The number of likely N-dealkylation sites (N-methyl/N-ethyl adjacent to an activating group) is 1. The minimum atomic E-state index is -1.14. The number of nitrogens with one attached hydrogen (secondary N) is 1. The quantitative estimate of drug-likeness (QED) is 0.845. The van der Waals surface area contributed by atoms with Gasteiger partial charge in [0.15, 0.2) is 4.84 Å². The monoisotopic (exact) mass is 288 g/mol. The van der Waals surface area contributed by atoms with Crippen LogP contribution in [0.2, 0.25) is 0 Å². The molecular weight excluding hydrogens is 275 g/mol. The average molecular weight is 289 g/mol. The molecule has 98 valence electrons. The van der Waals surface area contributed by atoms with Gasteiger partial charge in [0.25, 0.3) is 5.91 Å². The summed E-state index contributed by atoms with van der Waals surface area (Å²) in [5, 5.41) is 2.68. The summed E-state index contributed by atoms with van der Waals surface area (Å²) < 4.78 is 0. The Morgan fingerprint density at radius 3 is 2.39 bits per heavy atom. The molecule has 0 bridgehead atoms. The number of halogens is 2. The van der Waals surface area contributed by atoms with Gasteiger partial charge in [-0.1, -0.05) is 41.4 Å². The second-order valence-corrected chi connectivity index (χ2v) is 4.66. The number of rotatable bonds is 5. The van der Waals surface area contributed by atoms with E-state index in [0.717, 1.165) is 0 Å². The van der Waals surface area contributed by atoms with Crippen molar-refractivity contribution in [3.63, 3.8) is 0 Å². The van der Waals surface area contributed by atoms with Gasteiger partial charge in [-0.25, -0.2) is 0 Å². The summed E-state index contributed by atoms with van der Waals surface area (Å²) in [7, 11) is 0. The molecule has 1 aromatic rings. The predicted octanol–water partition coefficient (Wildman–Crippen LogP) is 2.28. The van der Waals surface area contributed by atoms with Gasteiger partial charge in [0.2, 0.25) is 5.91 Å². The molecule has 0 saturated carbocycles. The molecular formula is C12H14Cl2N2O2. The second kappa shape index (κ2) is 7.24. The van der Waals surface area contributed by atoms with Gasteiger partial charge < -0.3 is 10.2 Å². The van der Waals surface area contributed by atoms with Crippen molar-refractivity contribution in [3.8, 4) is 0 Å². The Labute approximate surface area is 116 Å². The van der Waals surface area contributed by atoms with Crippen LogP contribution < -0.4 is 5.32 Å². The normalized spacial score (nSPS) is 10.2. The number of hydrogen-bond acceptors (Lipinski definition) is 2. The number of benzene rings is 1. The van der Waals surface area contributed by atoms with Crippen molar-refractivity contribution >= 4 is 40.7 Å². The Bertz CT molecular complexity index is 410. The molecule has 18 heavy (non-hydrogen) atoms. The molecule has 6 heteroatoms.